The van der Waals surface area contributed by atoms with E-state index in [-0.39, 0.29) is 63.2 Å². The van der Waals surface area contributed by atoms with E-state index < -0.39 is 21.7 Å². The minimum absolute atomic E-state index is 0. The Morgan fingerprint density at radius 1 is 1.07 bits per heavy atom. The summed E-state index contributed by atoms with van der Waals surface area (Å²) in [6, 6.07) is 0. The second-order valence-electron chi connectivity index (χ2n) is 1.96. The quantitative estimate of drug-likeness (QED) is 0.335. The molecule has 0 aromatic heterocycles. The minimum atomic E-state index is -5.88. The number of hydrogen-bond acceptors (Lipinski definition) is 1. The Balaban J connectivity index is -0.000000240. The van der Waals surface area contributed by atoms with Gasteiger partial charge in [0.25, 0.3) is 0 Å². The van der Waals surface area contributed by atoms with Crippen molar-refractivity contribution >= 4 is 66.3 Å². The molecule has 2 nitrogen and oxygen atoms in total. The summed E-state index contributed by atoms with van der Waals surface area (Å²) in [5.41, 5.74) is 0. The fraction of sp³-hybridized carbons (Fsp3) is 0.750. The number of aliphatic carboxylic acids is 1. The Kier molecular flexibility index (Phi) is 6.12. The third-order valence-electron chi connectivity index (χ3n) is 1.08. The van der Waals surface area contributed by atoms with Crippen molar-refractivity contribution in [3.05, 3.63) is 0 Å². The van der Waals surface area contributed by atoms with E-state index in [0.29, 0.717) is 0 Å². The number of carboxylic acid groups (broad SMARTS) is 1. The molecule has 0 amide bonds. The van der Waals surface area contributed by atoms with Crippen LogP contribution in [0.2, 0.25) is 0 Å². The number of carboxylic acids is 1. The third-order valence-corrected chi connectivity index (χ3v) is 2.76. The zero-order chi connectivity index (χ0) is 11.1. The number of hydrogen-bond donors (Lipinski definition) is 1. The first-order valence-corrected chi connectivity index (χ1v) is 3.58. The molecule has 0 aliphatic rings. The van der Waals surface area contributed by atoms with Gasteiger partial charge in [0.05, 0.1) is 0 Å². The summed E-state index contributed by atoms with van der Waals surface area (Å²) < 4.78 is 65.7. The van der Waals surface area contributed by atoms with E-state index >= 15 is 0 Å². The maximum absolute atomic E-state index is 11.7. The van der Waals surface area contributed by atoms with Crippen molar-refractivity contribution in [2.24, 2.45) is 0 Å². The van der Waals surface area contributed by atoms with Crippen LogP contribution in [0.4, 0.5) is 26.3 Å². The molecule has 0 atom stereocenters. The average Bonchev–Trinajstić information content (AvgIpc) is 1.80. The maximum Gasteiger partial charge on any atom is 2.00 e. The third kappa shape index (κ3) is 3.01. The summed E-state index contributed by atoms with van der Waals surface area (Å²) >= 11 is -0.171. The first-order chi connectivity index (χ1) is 5.44. The van der Waals surface area contributed by atoms with Gasteiger partial charge in [0.2, 0.25) is 0 Å². The van der Waals surface area contributed by atoms with E-state index in [2.05, 4.69) is 0 Å². The molecule has 0 saturated carbocycles. The van der Waals surface area contributed by atoms with Gasteiger partial charge in [0, 0.05) is 0 Å². The summed E-state index contributed by atoms with van der Waals surface area (Å²) in [4.78, 5) is 9.87. The van der Waals surface area contributed by atoms with E-state index in [1.807, 2.05) is 0 Å². The molecule has 0 radical (unpaired) electrons. The van der Waals surface area contributed by atoms with Gasteiger partial charge in [0.15, 0.2) is 0 Å². The van der Waals surface area contributed by atoms with E-state index in [4.69, 9.17) is 5.11 Å². The van der Waals surface area contributed by atoms with Crippen molar-refractivity contribution in [3.8, 4) is 0 Å². The maximum atomic E-state index is 11.7. The first-order valence-electron chi connectivity index (χ1n) is 2.50. The summed E-state index contributed by atoms with van der Waals surface area (Å²) in [5.74, 6) is -2.98. The largest absolute Gasteiger partial charge is 2.00 e. The Bertz CT molecular complexity index is 218. The fourth-order valence-electron chi connectivity index (χ4n) is 0.403. The van der Waals surface area contributed by atoms with Gasteiger partial charge in [-0.25, -0.2) is 0 Å². The number of alkyl halides is 7. The molecule has 0 unspecified atom stereocenters. The normalized spacial score (nSPS) is 13.4. The first kappa shape index (κ1) is 17.4. The molecule has 0 rings (SSSR count). The van der Waals surface area contributed by atoms with Crippen molar-refractivity contribution in [1.82, 2.24) is 0 Å². The number of halogens is 7. The van der Waals surface area contributed by atoms with Crippen LogP contribution in [0, 0.1) is 0 Å². The SMILES string of the molecule is O=C(O)C(I)(C(F)(F)F)C(F)(F)F.[Ca+2].[H-].[H-]. The van der Waals surface area contributed by atoms with Gasteiger partial charge in [-0.3, -0.25) is 4.79 Å². The van der Waals surface area contributed by atoms with E-state index in [0.717, 1.165) is 0 Å². The van der Waals surface area contributed by atoms with Crippen molar-refractivity contribution in [2.75, 3.05) is 0 Å². The predicted octanol–water partition coefficient (Wildman–Crippen LogP) is 2.21. The standard InChI is InChI=1S/C4HF6IO2.Ca.2H/c5-3(6,7)2(11,1(12)13)4(8,9)10;;;/h(H,12,13);;;/q;+2;2*-1. The van der Waals surface area contributed by atoms with Crippen molar-refractivity contribution in [3.63, 3.8) is 0 Å². The Morgan fingerprint density at radius 2 is 1.29 bits per heavy atom. The molecule has 0 aromatic carbocycles. The summed E-state index contributed by atoms with van der Waals surface area (Å²) in [7, 11) is 0. The molecule has 0 saturated heterocycles. The van der Waals surface area contributed by atoms with Crippen LogP contribution >= 0.6 is 22.6 Å². The van der Waals surface area contributed by atoms with Crippen LogP contribution in [0.5, 0.6) is 0 Å². The zero-order valence-electron chi connectivity index (χ0n) is 8.21. The second kappa shape index (κ2) is 4.91. The second-order valence-corrected chi connectivity index (χ2v) is 3.58. The zero-order valence-corrected chi connectivity index (χ0v) is 10.6. The van der Waals surface area contributed by atoms with E-state index in [1.165, 1.54) is 0 Å². The van der Waals surface area contributed by atoms with Gasteiger partial charge in [-0.1, -0.05) is 0 Å². The smallest absolute Gasteiger partial charge is 1.00 e. The molecule has 0 aromatic rings. The topological polar surface area (TPSA) is 37.3 Å². The van der Waals surface area contributed by atoms with Gasteiger partial charge in [-0.2, -0.15) is 26.3 Å². The molecule has 1 N–H and O–H groups in total. The van der Waals surface area contributed by atoms with Crippen LogP contribution in [0.3, 0.4) is 0 Å². The molecule has 0 aliphatic carbocycles. The van der Waals surface area contributed by atoms with Crippen LogP contribution in [0.25, 0.3) is 0 Å². The summed E-state index contributed by atoms with van der Waals surface area (Å²) in [6.45, 7) is 0. The molecule has 0 bridgehead atoms. The molecule has 0 spiro atoms. The molecule has 0 aliphatic heterocycles. The van der Waals surface area contributed by atoms with Gasteiger partial charge in [0.1, 0.15) is 0 Å². The monoisotopic (exact) mass is 364 g/mol. The summed E-state index contributed by atoms with van der Waals surface area (Å²) in [5, 5.41) is 7.86. The van der Waals surface area contributed by atoms with Crippen LogP contribution in [-0.2, 0) is 4.79 Å². The van der Waals surface area contributed by atoms with Crippen LogP contribution in [-0.4, -0.2) is 64.6 Å². The molecule has 82 valence electrons. The van der Waals surface area contributed by atoms with Gasteiger partial charge in [-0.05, 0) is 22.6 Å². The summed E-state index contributed by atoms with van der Waals surface area (Å²) in [6.07, 6.45) is -11.8. The molecule has 10 heteroatoms. The van der Waals surface area contributed by atoms with Crippen LogP contribution in [0.15, 0.2) is 0 Å². The van der Waals surface area contributed by atoms with Gasteiger partial charge >= 0.3 is 59.5 Å². The molecule has 0 fully saturated rings. The van der Waals surface area contributed by atoms with Gasteiger partial charge in [-0.15, -0.1) is 0 Å². The number of rotatable bonds is 1. The fourth-order valence-corrected chi connectivity index (χ4v) is 0.403. The Hall–Kier alpha value is 1.04. The van der Waals surface area contributed by atoms with Crippen LogP contribution < -0.4 is 0 Å². The van der Waals surface area contributed by atoms with E-state index in [1.54, 1.807) is 0 Å². The molecular formula is C4H3CaF6IO2. The van der Waals surface area contributed by atoms with Crippen molar-refractivity contribution in [2.45, 2.75) is 15.8 Å². The Morgan fingerprint density at radius 3 is 1.29 bits per heavy atom. The van der Waals surface area contributed by atoms with Gasteiger partial charge < -0.3 is 7.96 Å². The average molecular weight is 364 g/mol. The Labute approximate surface area is 120 Å². The molecule has 14 heavy (non-hydrogen) atoms. The van der Waals surface area contributed by atoms with Crippen LogP contribution in [0.1, 0.15) is 2.85 Å². The minimum Gasteiger partial charge on any atom is -1.00 e. The molecule has 0 heterocycles. The number of carbonyl (C=O) groups is 1. The van der Waals surface area contributed by atoms with E-state index in [9.17, 15) is 31.1 Å². The van der Waals surface area contributed by atoms with Crippen molar-refractivity contribution < 1.29 is 39.1 Å². The van der Waals surface area contributed by atoms with Crippen molar-refractivity contribution in [1.29, 1.82) is 0 Å². The predicted molar refractivity (Wildman–Crippen MR) is 44.5 cm³/mol. The molecular weight excluding hydrogens is 361 g/mol.